The Bertz CT molecular complexity index is 966. The zero-order valence-corrected chi connectivity index (χ0v) is 15.1. The number of thioether (sulfide) groups is 1. The molecule has 0 saturated carbocycles. The highest BCUT2D eigenvalue weighted by atomic mass is 32.2. The van der Waals surface area contributed by atoms with Crippen molar-refractivity contribution in [2.24, 2.45) is 0 Å². The third-order valence-corrected chi connectivity index (χ3v) is 5.48. The predicted octanol–water partition coefficient (Wildman–Crippen LogP) is 3.59. The lowest BCUT2D eigenvalue weighted by Gasteiger charge is -2.32. The fourth-order valence-electron chi connectivity index (χ4n) is 3.63. The molecule has 0 amide bonds. The van der Waals surface area contributed by atoms with Gasteiger partial charge in [-0.05, 0) is 36.3 Å². The Morgan fingerprint density at radius 3 is 2.73 bits per heavy atom. The van der Waals surface area contributed by atoms with E-state index in [2.05, 4.69) is 15.3 Å². The summed E-state index contributed by atoms with van der Waals surface area (Å²) in [5.41, 5.74) is 2.32. The molecule has 7 heteroatoms. The van der Waals surface area contributed by atoms with E-state index >= 15 is 0 Å². The number of aromatic nitrogens is 2. The van der Waals surface area contributed by atoms with E-state index in [1.807, 2.05) is 6.92 Å². The maximum absolute atomic E-state index is 13.4. The molecule has 1 aromatic heterocycles. The Morgan fingerprint density at radius 2 is 2.00 bits per heavy atom. The predicted molar refractivity (Wildman–Crippen MR) is 99.0 cm³/mol. The number of carbonyl (C=O) groups excluding carboxylic acids is 1. The number of H-pyrrole nitrogens is 1. The van der Waals surface area contributed by atoms with Crippen molar-refractivity contribution in [1.82, 2.24) is 9.97 Å². The SMILES string of the molecule is CCSc1nc2c(c(=O)[nH]1)[C@H](c1ccc(F)cc1)C1=C(CCCC1=O)N2. The first-order valence-electron chi connectivity index (χ1n) is 8.64. The molecule has 1 atom stereocenters. The molecule has 0 unspecified atom stereocenters. The van der Waals surface area contributed by atoms with Crippen LogP contribution < -0.4 is 10.9 Å². The fraction of sp³-hybridized carbons (Fsp3) is 0.316. The largest absolute Gasteiger partial charge is 0.343 e. The van der Waals surface area contributed by atoms with Gasteiger partial charge >= 0.3 is 0 Å². The normalized spacial score (nSPS) is 19.0. The smallest absolute Gasteiger partial charge is 0.257 e. The van der Waals surface area contributed by atoms with E-state index in [0.29, 0.717) is 28.5 Å². The molecule has 1 aliphatic carbocycles. The summed E-state index contributed by atoms with van der Waals surface area (Å²) in [6.07, 6.45) is 1.97. The van der Waals surface area contributed by atoms with Gasteiger partial charge in [-0.15, -0.1) is 0 Å². The molecule has 0 bridgehead atoms. The summed E-state index contributed by atoms with van der Waals surface area (Å²) < 4.78 is 13.4. The number of allylic oxidation sites excluding steroid dienone is 2. The number of aromatic amines is 1. The van der Waals surface area contributed by atoms with Crippen LogP contribution in [-0.2, 0) is 4.79 Å². The van der Waals surface area contributed by atoms with Gasteiger partial charge in [0.2, 0.25) is 0 Å². The van der Waals surface area contributed by atoms with Gasteiger partial charge in [-0.1, -0.05) is 30.8 Å². The highest BCUT2D eigenvalue weighted by Crippen LogP contribution is 2.43. The Hall–Kier alpha value is -2.41. The second-order valence-corrected chi connectivity index (χ2v) is 7.60. The number of Topliss-reactive ketones (excluding diaryl/α,β-unsaturated/α-hetero) is 1. The molecular formula is C19H18FN3O2S. The minimum Gasteiger partial charge on any atom is -0.343 e. The van der Waals surface area contributed by atoms with Gasteiger partial charge in [0.1, 0.15) is 11.6 Å². The molecule has 0 fully saturated rings. The lowest BCUT2D eigenvalue weighted by Crippen LogP contribution is -2.32. The number of anilines is 1. The van der Waals surface area contributed by atoms with E-state index < -0.39 is 5.92 Å². The van der Waals surface area contributed by atoms with Crippen molar-refractivity contribution in [2.45, 2.75) is 37.3 Å². The van der Waals surface area contributed by atoms with Crippen LogP contribution in [0.25, 0.3) is 0 Å². The molecule has 0 saturated heterocycles. The van der Waals surface area contributed by atoms with Gasteiger partial charge in [0.05, 0.1) is 5.56 Å². The standard InChI is InChI=1S/C19H18FN3O2S/c1-2-26-19-22-17-16(18(25)23-19)14(10-6-8-11(20)9-7-10)15-12(21-17)4-3-5-13(15)24/h6-9,14H,2-5H2,1H3,(H2,21,22,23,25)/t14-/m1/s1. The molecule has 2 aromatic rings. The Labute approximate surface area is 154 Å². The van der Waals surface area contributed by atoms with Gasteiger partial charge in [-0.2, -0.15) is 0 Å². The number of carbonyl (C=O) groups is 1. The zero-order chi connectivity index (χ0) is 18.3. The van der Waals surface area contributed by atoms with Gasteiger partial charge in [-0.25, -0.2) is 9.37 Å². The van der Waals surface area contributed by atoms with E-state index in [-0.39, 0.29) is 17.2 Å². The highest BCUT2D eigenvalue weighted by Gasteiger charge is 2.37. The van der Waals surface area contributed by atoms with E-state index in [1.54, 1.807) is 12.1 Å². The zero-order valence-electron chi connectivity index (χ0n) is 14.3. The van der Waals surface area contributed by atoms with Gasteiger partial charge in [0, 0.05) is 23.6 Å². The van der Waals surface area contributed by atoms with E-state index in [9.17, 15) is 14.0 Å². The van der Waals surface area contributed by atoms with E-state index in [0.717, 1.165) is 29.9 Å². The second-order valence-electron chi connectivity index (χ2n) is 6.34. The second kappa shape index (κ2) is 6.72. The number of rotatable bonds is 3. The van der Waals surface area contributed by atoms with Crippen molar-refractivity contribution in [1.29, 1.82) is 0 Å². The third-order valence-electron chi connectivity index (χ3n) is 4.72. The van der Waals surface area contributed by atoms with Gasteiger partial charge in [-0.3, -0.25) is 9.59 Å². The maximum atomic E-state index is 13.4. The van der Waals surface area contributed by atoms with Crippen LogP contribution in [0.2, 0.25) is 0 Å². The van der Waals surface area contributed by atoms with Crippen LogP contribution >= 0.6 is 11.8 Å². The monoisotopic (exact) mass is 371 g/mol. The quantitative estimate of drug-likeness (QED) is 0.637. The summed E-state index contributed by atoms with van der Waals surface area (Å²) in [6, 6.07) is 5.98. The van der Waals surface area contributed by atoms with Gasteiger partial charge in [0.15, 0.2) is 10.9 Å². The van der Waals surface area contributed by atoms with Crippen LogP contribution in [0.5, 0.6) is 0 Å². The molecule has 5 nitrogen and oxygen atoms in total. The van der Waals surface area contributed by atoms with Crippen LogP contribution in [-0.4, -0.2) is 21.5 Å². The molecular weight excluding hydrogens is 353 g/mol. The maximum Gasteiger partial charge on any atom is 0.257 e. The first kappa shape index (κ1) is 17.0. The number of nitrogens with zero attached hydrogens (tertiary/aromatic N) is 1. The Kier molecular flexibility index (Phi) is 4.40. The topological polar surface area (TPSA) is 74.8 Å². The molecule has 0 spiro atoms. The molecule has 2 aliphatic rings. The summed E-state index contributed by atoms with van der Waals surface area (Å²) in [6.45, 7) is 1.99. The average molecular weight is 371 g/mol. The summed E-state index contributed by atoms with van der Waals surface area (Å²) >= 11 is 1.45. The number of hydrogen-bond donors (Lipinski definition) is 2. The minimum absolute atomic E-state index is 0.0325. The lowest BCUT2D eigenvalue weighted by molar-refractivity contribution is -0.116. The summed E-state index contributed by atoms with van der Waals surface area (Å²) in [7, 11) is 0. The molecule has 1 aromatic carbocycles. The molecule has 134 valence electrons. The van der Waals surface area contributed by atoms with Crippen LogP contribution in [0, 0.1) is 5.82 Å². The van der Waals surface area contributed by atoms with Crippen molar-refractivity contribution in [3.05, 3.63) is 62.8 Å². The number of fused-ring (bicyclic) bond motifs is 1. The van der Waals surface area contributed by atoms with Crippen molar-refractivity contribution in [3.63, 3.8) is 0 Å². The minimum atomic E-state index is -0.522. The lowest BCUT2D eigenvalue weighted by atomic mass is 9.76. The molecule has 2 heterocycles. The van der Waals surface area contributed by atoms with Crippen molar-refractivity contribution in [2.75, 3.05) is 11.1 Å². The van der Waals surface area contributed by atoms with Crippen molar-refractivity contribution in [3.8, 4) is 0 Å². The summed E-state index contributed by atoms with van der Waals surface area (Å²) in [5, 5.41) is 3.77. The summed E-state index contributed by atoms with van der Waals surface area (Å²) in [5.74, 6) is 0.438. The van der Waals surface area contributed by atoms with Crippen LogP contribution in [0.15, 0.2) is 45.5 Å². The first-order chi connectivity index (χ1) is 12.6. The molecule has 4 rings (SSSR count). The first-order valence-corrected chi connectivity index (χ1v) is 9.62. The summed E-state index contributed by atoms with van der Waals surface area (Å²) in [4.78, 5) is 32.9. The molecule has 1 aliphatic heterocycles. The highest BCUT2D eigenvalue weighted by molar-refractivity contribution is 7.99. The van der Waals surface area contributed by atoms with Gasteiger partial charge in [0.25, 0.3) is 5.56 Å². The number of ketones is 1. The number of hydrogen-bond acceptors (Lipinski definition) is 5. The van der Waals surface area contributed by atoms with Crippen LogP contribution in [0.4, 0.5) is 10.2 Å². The number of nitrogens with one attached hydrogen (secondary N) is 2. The molecule has 2 N–H and O–H groups in total. The van der Waals surface area contributed by atoms with Crippen molar-refractivity contribution < 1.29 is 9.18 Å². The Balaban J connectivity index is 1.94. The van der Waals surface area contributed by atoms with Crippen LogP contribution in [0.1, 0.15) is 43.2 Å². The van der Waals surface area contributed by atoms with Crippen LogP contribution in [0.3, 0.4) is 0 Å². The number of benzene rings is 1. The average Bonchev–Trinajstić information content (AvgIpc) is 2.61. The fourth-order valence-corrected chi connectivity index (χ4v) is 4.23. The molecule has 26 heavy (non-hydrogen) atoms. The number of halogens is 1. The van der Waals surface area contributed by atoms with Crippen molar-refractivity contribution >= 4 is 23.4 Å². The third kappa shape index (κ3) is 2.86. The van der Waals surface area contributed by atoms with E-state index in [1.165, 1.54) is 23.9 Å². The molecule has 0 radical (unpaired) electrons. The Morgan fingerprint density at radius 1 is 1.23 bits per heavy atom. The van der Waals surface area contributed by atoms with E-state index in [4.69, 9.17) is 0 Å². The van der Waals surface area contributed by atoms with Gasteiger partial charge < -0.3 is 10.3 Å².